The number of para-hydroxylation sites is 1. The Hall–Kier alpha value is -3.92. The minimum absolute atomic E-state index is 0.00391. The highest BCUT2D eigenvalue weighted by atomic mass is 16.5. The van der Waals surface area contributed by atoms with E-state index in [1.807, 2.05) is 54.6 Å². The fourth-order valence-corrected chi connectivity index (χ4v) is 3.97. The minimum Gasteiger partial charge on any atom is -0.495 e. The van der Waals surface area contributed by atoms with Gasteiger partial charge in [0.15, 0.2) is 5.78 Å². The van der Waals surface area contributed by atoms with Gasteiger partial charge in [0, 0.05) is 17.5 Å². The third-order valence-corrected chi connectivity index (χ3v) is 5.76. The average Bonchev–Trinajstić information content (AvgIpc) is 2.87. The molecule has 0 aliphatic heterocycles. The van der Waals surface area contributed by atoms with Crippen LogP contribution in [0, 0.1) is 0 Å². The first-order valence-corrected chi connectivity index (χ1v) is 11.2. The maximum absolute atomic E-state index is 13.0. The van der Waals surface area contributed by atoms with Crippen LogP contribution in [0.3, 0.4) is 0 Å². The molecular weight excluding hydrogens is 410 g/mol. The summed E-state index contributed by atoms with van der Waals surface area (Å²) in [7, 11) is 1.54. The standard InChI is InChI=1S/C29H27NO3/c1-33-27-17-9-15-25(26(31)16-8-5-12-21-10-3-2-4-11-21)28(27)30-29(32)24-19-18-22-13-6-7-14-23(22)20-24/h2-4,6-7,9-11,13-15,17-20H,5,8,12,16H2,1H3,(H,30,32). The number of Topliss-reactive ketones (excluding diaryl/α,β-unsaturated/α-hetero) is 1. The summed E-state index contributed by atoms with van der Waals surface area (Å²) in [4.78, 5) is 26.1. The molecule has 0 atom stereocenters. The lowest BCUT2D eigenvalue weighted by molar-refractivity contribution is 0.0980. The first-order chi connectivity index (χ1) is 16.2. The third-order valence-electron chi connectivity index (χ3n) is 5.76. The third kappa shape index (κ3) is 5.47. The second kappa shape index (κ2) is 10.6. The summed E-state index contributed by atoms with van der Waals surface area (Å²) in [6.45, 7) is 0. The number of nitrogens with one attached hydrogen (secondary N) is 1. The van der Waals surface area contributed by atoms with Crippen LogP contribution in [0.25, 0.3) is 10.8 Å². The Bertz CT molecular complexity index is 1260. The summed E-state index contributed by atoms with van der Waals surface area (Å²) in [6, 6.07) is 29.0. The van der Waals surface area contributed by atoms with Gasteiger partial charge in [-0.15, -0.1) is 0 Å². The Labute approximate surface area is 194 Å². The van der Waals surface area contributed by atoms with Crippen LogP contribution in [-0.4, -0.2) is 18.8 Å². The largest absolute Gasteiger partial charge is 0.495 e. The van der Waals surface area contributed by atoms with Crippen molar-refractivity contribution in [1.29, 1.82) is 0 Å². The molecule has 4 nitrogen and oxygen atoms in total. The van der Waals surface area contributed by atoms with Crippen LogP contribution in [-0.2, 0) is 6.42 Å². The van der Waals surface area contributed by atoms with Gasteiger partial charge in [0.25, 0.3) is 5.91 Å². The zero-order valence-electron chi connectivity index (χ0n) is 18.7. The van der Waals surface area contributed by atoms with E-state index in [1.54, 1.807) is 24.3 Å². The Morgan fingerprint density at radius 3 is 2.33 bits per heavy atom. The number of aryl methyl sites for hydroxylation is 1. The molecule has 0 fully saturated rings. The molecule has 0 saturated heterocycles. The lowest BCUT2D eigenvalue weighted by Crippen LogP contribution is -2.16. The second-order valence-corrected chi connectivity index (χ2v) is 8.01. The van der Waals surface area contributed by atoms with Crippen molar-refractivity contribution < 1.29 is 14.3 Å². The number of benzene rings is 4. The van der Waals surface area contributed by atoms with Crippen LogP contribution >= 0.6 is 0 Å². The lowest BCUT2D eigenvalue weighted by Gasteiger charge is -2.15. The van der Waals surface area contributed by atoms with Crippen LogP contribution in [0.5, 0.6) is 5.75 Å². The SMILES string of the molecule is COc1cccc(C(=O)CCCCc2ccccc2)c1NC(=O)c1ccc2ccccc2c1. The number of unbranched alkanes of at least 4 members (excludes halogenated alkanes) is 1. The monoisotopic (exact) mass is 437 g/mol. The van der Waals surface area contributed by atoms with E-state index >= 15 is 0 Å². The predicted octanol–water partition coefficient (Wildman–Crippen LogP) is 6.70. The van der Waals surface area contributed by atoms with Gasteiger partial charge >= 0.3 is 0 Å². The topological polar surface area (TPSA) is 55.4 Å². The van der Waals surface area contributed by atoms with Crippen LogP contribution in [0.2, 0.25) is 0 Å². The highest BCUT2D eigenvalue weighted by Crippen LogP contribution is 2.30. The molecule has 1 amide bonds. The molecule has 1 N–H and O–H groups in total. The molecule has 4 aromatic carbocycles. The molecule has 0 saturated carbocycles. The maximum atomic E-state index is 13.0. The molecule has 0 spiro atoms. The number of hydrogen-bond acceptors (Lipinski definition) is 3. The minimum atomic E-state index is -0.275. The molecule has 0 radical (unpaired) electrons. The van der Waals surface area contributed by atoms with Crippen LogP contribution in [0.15, 0.2) is 91.0 Å². The van der Waals surface area contributed by atoms with E-state index < -0.39 is 0 Å². The molecule has 0 heterocycles. The van der Waals surface area contributed by atoms with Crippen LogP contribution in [0.1, 0.15) is 45.5 Å². The predicted molar refractivity (Wildman–Crippen MR) is 133 cm³/mol. The van der Waals surface area contributed by atoms with Gasteiger partial charge in [-0.25, -0.2) is 0 Å². The van der Waals surface area contributed by atoms with E-state index in [1.165, 1.54) is 12.7 Å². The summed E-state index contributed by atoms with van der Waals surface area (Å²) >= 11 is 0. The first-order valence-electron chi connectivity index (χ1n) is 11.2. The molecule has 0 aliphatic carbocycles. The Morgan fingerprint density at radius 1 is 0.788 bits per heavy atom. The van der Waals surface area contributed by atoms with Crippen molar-refractivity contribution in [3.05, 3.63) is 108 Å². The van der Waals surface area contributed by atoms with Crippen LogP contribution < -0.4 is 10.1 Å². The fourth-order valence-electron chi connectivity index (χ4n) is 3.97. The van der Waals surface area contributed by atoms with Crippen molar-refractivity contribution in [2.45, 2.75) is 25.7 Å². The Kier molecular flexibility index (Phi) is 7.16. The number of hydrogen-bond donors (Lipinski definition) is 1. The summed E-state index contributed by atoms with van der Waals surface area (Å²) in [5.41, 5.74) is 2.70. The molecule has 4 heteroatoms. The molecule has 4 aromatic rings. The van der Waals surface area contributed by atoms with Gasteiger partial charge in [0.05, 0.1) is 12.8 Å². The van der Waals surface area contributed by atoms with E-state index in [4.69, 9.17) is 4.74 Å². The molecule has 0 unspecified atom stereocenters. The quantitative estimate of drug-likeness (QED) is 0.234. The molecule has 166 valence electrons. The number of methoxy groups -OCH3 is 1. The van der Waals surface area contributed by atoms with Crippen molar-refractivity contribution in [2.24, 2.45) is 0 Å². The highest BCUT2D eigenvalue weighted by molar-refractivity contribution is 6.11. The second-order valence-electron chi connectivity index (χ2n) is 8.01. The molecule has 0 aromatic heterocycles. The van der Waals surface area contributed by atoms with Crippen molar-refractivity contribution >= 4 is 28.2 Å². The zero-order valence-corrected chi connectivity index (χ0v) is 18.7. The molecule has 4 rings (SSSR count). The number of ketones is 1. The zero-order chi connectivity index (χ0) is 23.0. The summed E-state index contributed by atoms with van der Waals surface area (Å²) in [5.74, 6) is 0.193. The lowest BCUT2D eigenvalue weighted by atomic mass is 10.0. The van der Waals surface area contributed by atoms with E-state index in [0.29, 0.717) is 29.0 Å². The van der Waals surface area contributed by atoms with Gasteiger partial charge < -0.3 is 10.1 Å². The van der Waals surface area contributed by atoms with Crippen molar-refractivity contribution in [3.8, 4) is 5.75 Å². The van der Waals surface area contributed by atoms with Gasteiger partial charge in [-0.05, 0) is 59.9 Å². The summed E-state index contributed by atoms with van der Waals surface area (Å²) in [6.07, 6.45) is 3.07. The average molecular weight is 438 g/mol. The highest BCUT2D eigenvalue weighted by Gasteiger charge is 2.18. The molecular formula is C29H27NO3. The fraction of sp³-hybridized carbons (Fsp3) is 0.172. The van der Waals surface area contributed by atoms with Crippen LogP contribution in [0.4, 0.5) is 5.69 Å². The molecule has 33 heavy (non-hydrogen) atoms. The first kappa shape index (κ1) is 22.3. The van der Waals surface area contributed by atoms with Crippen molar-refractivity contribution in [2.75, 3.05) is 12.4 Å². The smallest absolute Gasteiger partial charge is 0.255 e. The van der Waals surface area contributed by atoms with Crippen molar-refractivity contribution in [1.82, 2.24) is 0 Å². The van der Waals surface area contributed by atoms with Gasteiger partial charge in [0.2, 0.25) is 0 Å². The number of fused-ring (bicyclic) bond motifs is 1. The van der Waals surface area contributed by atoms with Gasteiger partial charge in [-0.2, -0.15) is 0 Å². The van der Waals surface area contributed by atoms with Gasteiger partial charge in [-0.1, -0.05) is 66.7 Å². The summed E-state index contributed by atoms with van der Waals surface area (Å²) < 4.78 is 5.46. The molecule has 0 bridgehead atoms. The van der Waals surface area contributed by atoms with E-state index in [9.17, 15) is 9.59 Å². The Morgan fingerprint density at radius 2 is 1.55 bits per heavy atom. The number of ether oxygens (including phenoxy) is 1. The van der Waals surface area contributed by atoms with E-state index in [2.05, 4.69) is 17.4 Å². The maximum Gasteiger partial charge on any atom is 0.255 e. The van der Waals surface area contributed by atoms with E-state index in [0.717, 1.165) is 30.0 Å². The number of amides is 1. The summed E-state index contributed by atoms with van der Waals surface area (Å²) in [5, 5.41) is 4.98. The normalized spacial score (nSPS) is 10.7. The van der Waals surface area contributed by atoms with Crippen molar-refractivity contribution in [3.63, 3.8) is 0 Å². The number of rotatable bonds is 9. The van der Waals surface area contributed by atoms with Gasteiger partial charge in [-0.3, -0.25) is 9.59 Å². The van der Waals surface area contributed by atoms with Gasteiger partial charge in [0.1, 0.15) is 5.75 Å². The molecule has 0 aliphatic rings. The number of carbonyl (C=O) groups excluding carboxylic acids is 2. The number of anilines is 1. The number of carbonyl (C=O) groups is 2. The van der Waals surface area contributed by atoms with E-state index in [-0.39, 0.29) is 11.7 Å². The Balaban J connectivity index is 1.47.